The van der Waals surface area contributed by atoms with Crippen molar-refractivity contribution in [1.29, 1.82) is 0 Å². The summed E-state index contributed by atoms with van der Waals surface area (Å²) in [7, 11) is -2.64. The molecular formula is C24H25ClN2O4S. The number of nitrogens with one attached hydrogen (secondary N) is 2. The highest BCUT2D eigenvalue weighted by Crippen LogP contribution is 2.25. The number of carbonyl (C=O) groups excluding carboxylic acids is 1. The Morgan fingerprint density at radius 3 is 2.41 bits per heavy atom. The molecule has 0 aliphatic heterocycles. The first kappa shape index (κ1) is 23.8. The van der Waals surface area contributed by atoms with Gasteiger partial charge < -0.3 is 10.1 Å². The third kappa shape index (κ3) is 6.09. The highest BCUT2D eigenvalue weighted by atomic mass is 35.5. The Kier molecular flexibility index (Phi) is 7.90. The van der Waals surface area contributed by atoms with Crippen molar-refractivity contribution in [1.82, 2.24) is 10.0 Å². The van der Waals surface area contributed by atoms with Crippen LogP contribution in [-0.4, -0.2) is 27.5 Å². The monoisotopic (exact) mass is 472 g/mol. The molecule has 3 aromatic rings. The summed E-state index contributed by atoms with van der Waals surface area (Å²) in [5.41, 5.74) is 2.32. The number of halogens is 1. The molecule has 3 rings (SSSR count). The maximum absolute atomic E-state index is 13.2. The molecule has 1 amide bonds. The number of benzene rings is 3. The van der Waals surface area contributed by atoms with Crippen LogP contribution in [-0.2, 0) is 27.8 Å². The van der Waals surface area contributed by atoms with E-state index in [1.54, 1.807) is 37.3 Å². The van der Waals surface area contributed by atoms with E-state index in [0.717, 1.165) is 16.7 Å². The molecule has 2 N–H and O–H groups in total. The smallest absolute Gasteiger partial charge is 0.244 e. The summed E-state index contributed by atoms with van der Waals surface area (Å²) in [5.74, 6) is -0.248. The van der Waals surface area contributed by atoms with E-state index in [4.69, 9.17) is 16.3 Å². The molecule has 0 aliphatic carbocycles. The van der Waals surface area contributed by atoms with E-state index in [1.807, 2.05) is 36.4 Å². The summed E-state index contributed by atoms with van der Waals surface area (Å²) in [5, 5.41) is 3.32. The lowest BCUT2D eigenvalue weighted by Crippen LogP contribution is -2.47. The Labute approximate surface area is 193 Å². The van der Waals surface area contributed by atoms with Crippen LogP contribution in [0.15, 0.2) is 77.7 Å². The molecule has 0 aliphatic rings. The predicted molar refractivity (Wildman–Crippen MR) is 125 cm³/mol. The minimum absolute atomic E-state index is 0.0167. The minimum atomic E-state index is -4.04. The fourth-order valence-electron chi connectivity index (χ4n) is 3.23. The average molecular weight is 473 g/mol. The molecule has 6 nitrogen and oxygen atoms in total. The lowest BCUT2D eigenvalue weighted by atomic mass is 10.1. The number of methoxy groups -OCH3 is 1. The first-order valence-corrected chi connectivity index (χ1v) is 11.9. The van der Waals surface area contributed by atoms with E-state index >= 15 is 0 Å². The fourth-order valence-corrected chi connectivity index (χ4v) is 4.88. The molecule has 1 atom stereocenters. The van der Waals surface area contributed by atoms with Crippen LogP contribution in [0.25, 0.3) is 0 Å². The van der Waals surface area contributed by atoms with Gasteiger partial charge in [-0.2, -0.15) is 4.72 Å². The van der Waals surface area contributed by atoms with Gasteiger partial charge in [0, 0.05) is 11.6 Å². The van der Waals surface area contributed by atoms with Crippen LogP contribution in [0.3, 0.4) is 0 Å². The maximum atomic E-state index is 13.2. The van der Waals surface area contributed by atoms with Gasteiger partial charge >= 0.3 is 0 Å². The lowest BCUT2D eigenvalue weighted by Gasteiger charge is -2.20. The molecule has 32 heavy (non-hydrogen) atoms. The zero-order valence-corrected chi connectivity index (χ0v) is 19.4. The van der Waals surface area contributed by atoms with Crippen LogP contribution >= 0.6 is 11.6 Å². The van der Waals surface area contributed by atoms with E-state index in [-0.39, 0.29) is 23.6 Å². The predicted octanol–water partition coefficient (Wildman–Crippen LogP) is 3.86. The molecule has 0 spiro atoms. The zero-order chi connectivity index (χ0) is 23.1. The van der Waals surface area contributed by atoms with Crippen LogP contribution < -0.4 is 14.8 Å². The number of hydrogen-bond donors (Lipinski definition) is 2. The number of rotatable bonds is 9. The Balaban J connectivity index is 1.86. The molecule has 0 heterocycles. The van der Waals surface area contributed by atoms with Gasteiger partial charge in [0.15, 0.2) is 0 Å². The summed E-state index contributed by atoms with van der Waals surface area (Å²) < 4.78 is 34.2. The highest BCUT2D eigenvalue weighted by Gasteiger charge is 2.28. The number of carbonyl (C=O) groups is 1. The molecule has 1 unspecified atom stereocenters. The van der Waals surface area contributed by atoms with Crippen molar-refractivity contribution in [2.24, 2.45) is 0 Å². The van der Waals surface area contributed by atoms with Crippen molar-refractivity contribution in [3.63, 3.8) is 0 Å². The van der Waals surface area contributed by atoms with Crippen molar-refractivity contribution in [2.45, 2.75) is 30.8 Å². The summed E-state index contributed by atoms with van der Waals surface area (Å²) in [4.78, 5) is 13.0. The molecule has 3 aromatic carbocycles. The highest BCUT2D eigenvalue weighted by molar-refractivity contribution is 7.89. The molecule has 0 fully saturated rings. The average Bonchev–Trinajstić information content (AvgIpc) is 2.78. The summed E-state index contributed by atoms with van der Waals surface area (Å²) in [6.45, 7) is 1.97. The Bertz CT molecular complexity index is 1180. The van der Waals surface area contributed by atoms with Crippen LogP contribution in [0, 0.1) is 6.92 Å². The van der Waals surface area contributed by atoms with Gasteiger partial charge in [0.05, 0.1) is 7.11 Å². The zero-order valence-electron chi connectivity index (χ0n) is 17.8. The molecule has 168 valence electrons. The lowest BCUT2D eigenvalue weighted by molar-refractivity contribution is -0.122. The van der Waals surface area contributed by atoms with Gasteiger partial charge in [-0.15, -0.1) is 0 Å². The number of amides is 1. The molecule has 0 aromatic heterocycles. The second kappa shape index (κ2) is 10.6. The Hall–Kier alpha value is -2.87. The van der Waals surface area contributed by atoms with Gasteiger partial charge in [0.1, 0.15) is 16.7 Å². The van der Waals surface area contributed by atoms with E-state index < -0.39 is 22.0 Å². The molecule has 8 heteroatoms. The topological polar surface area (TPSA) is 84.5 Å². The second-order valence-electron chi connectivity index (χ2n) is 7.33. The first-order chi connectivity index (χ1) is 15.3. The van der Waals surface area contributed by atoms with Crippen molar-refractivity contribution >= 4 is 27.5 Å². The van der Waals surface area contributed by atoms with E-state index in [1.165, 1.54) is 13.2 Å². The van der Waals surface area contributed by atoms with Gasteiger partial charge in [-0.25, -0.2) is 8.42 Å². The van der Waals surface area contributed by atoms with Crippen molar-refractivity contribution < 1.29 is 17.9 Å². The third-order valence-corrected chi connectivity index (χ3v) is 6.78. The first-order valence-electron chi connectivity index (χ1n) is 10.0. The molecule has 0 radical (unpaired) electrons. The third-order valence-electron chi connectivity index (χ3n) is 4.92. The van der Waals surface area contributed by atoms with Crippen LogP contribution in [0.5, 0.6) is 5.75 Å². The minimum Gasteiger partial charge on any atom is -0.495 e. The van der Waals surface area contributed by atoms with Crippen molar-refractivity contribution in [2.75, 3.05) is 7.11 Å². The molecule has 0 bridgehead atoms. The molecule has 0 saturated carbocycles. The van der Waals surface area contributed by atoms with E-state index in [0.29, 0.717) is 5.02 Å². The number of aryl methyl sites for hydroxylation is 1. The summed E-state index contributed by atoms with van der Waals surface area (Å²) in [6.07, 6.45) is 0.183. The van der Waals surface area contributed by atoms with Gasteiger partial charge in [-0.3, -0.25) is 4.79 Å². The molecular weight excluding hydrogens is 448 g/mol. The number of hydrogen-bond acceptors (Lipinski definition) is 4. The van der Waals surface area contributed by atoms with Gasteiger partial charge in [0.2, 0.25) is 15.9 Å². The largest absolute Gasteiger partial charge is 0.495 e. The fraction of sp³-hybridized carbons (Fsp3) is 0.208. The van der Waals surface area contributed by atoms with Gasteiger partial charge in [-0.05, 0) is 48.2 Å². The molecule has 0 saturated heterocycles. The van der Waals surface area contributed by atoms with E-state index in [9.17, 15) is 13.2 Å². The van der Waals surface area contributed by atoms with Crippen molar-refractivity contribution in [3.8, 4) is 5.75 Å². The number of sulfonamides is 1. The van der Waals surface area contributed by atoms with E-state index in [2.05, 4.69) is 10.0 Å². The second-order valence-corrected chi connectivity index (χ2v) is 9.42. The standard InChI is InChI=1S/C24H25ClN2O4S/c1-17-12-13-22(31-2)23(14-17)32(29,30)27-21(15-18-8-4-3-5-9-18)24(28)26-16-19-10-6-7-11-20(19)25/h3-14,21,27H,15-16H2,1-2H3,(H,26,28). The van der Waals surface area contributed by atoms with Crippen LogP contribution in [0.2, 0.25) is 5.02 Å². The Morgan fingerprint density at radius 2 is 1.72 bits per heavy atom. The van der Waals surface area contributed by atoms with Crippen LogP contribution in [0.4, 0.5) is 0 Å². The quantitative estimate of drug-likeness (QED) is 0.495. The van der Waals surface area contributed by atoms with Gasteiger partial charge in [0.25, 0.3) is 0 Å². The van der Waals surface area contributed by atoms with Gasteiger partial charge in [-0.1, -0.05) is 66.2 Å². The SMILES string of the molecule is COc1ccc(C)cc1S(=O)(=O)NC(Cc1ccccc1)C(=O)NCc1ccccc1Cl. The maximum Gasteiger partial charge on any atom is 0.244 e. The Morgan fingerprint density at radius 1 is 1.03 bits per heavy atom. The summed E-state index contributed by atoms with van der Waals surface area (Å²) >= 11 is 6.18. The van der Waals surface area contributed by atoms with Crippen molar-refractivity contribution in [3.05, 3.63) is 94.5 Å². The normalized spacial score (nSPS) is 12.2. The summed E-state index contributed by atoms with van der Waals surface area (Å²) in [6, 6.07) is 20.2. The number of ether oxygens (including phenoxy) is 1. The van der Waals surface area contributed by atoms with Crippen LogP contribution in [0.1, 0.15) is 16.7 Å².